The molecule has 0 bridgehead atoms. The van der Waals surface area contributed by atoms with Crippen LogP contribution in [-0.4, -0.2) is 24.3 Å². The molecule has 114 valence electrons. The van der Waals surface area contributed by atoms with E-state index in [1.807, 2.05) is 0 Å². The van der Waals surface area contributed by atoms with E-state index in [1.54, 1.807) is 0 Å². The standard InChI is InChI=1S/C17H28O3/c1-2-3-4-5-6-7-8-9-10-11-12-13-14-15-20-16-17(18)19/h3-4,6-7,9-10H,2,5,8,11-16H2,1H3,(H,18,19). The van der Waals surface area contributed by atoms with E-state index in [0.29, 0.717) is 6.61 Å². The molecule has 0 aliphatic rings. The minimum absolute atomic E-state index is 0.181. The molecule has 1 N–H and O–H groups in total. The Morgan fingerprint density at radius 1 is 0.950 bits per heavy atom. The predicted molar refractivity (Wildman–Crippen MR) is 83.9 cm³/mol. The lowest BCUT2D eigenvalue weighted by Crippen LogP contribution is -2.07. The summed E-state index contributed by atoms with van der Waals surface area (Å²) in [6.07, 6.45) is 20.5. The van der Waals surface area contributed by atoms with E-state index >= 15 is 0 Å². The molecule has 0 atom stereocenters. The number of carboxylic acids is 1. The number of ether oxygens (including phenoxy) is 1. The van der Waals surface area contributed by atoms with Gasteiger partial charge in [0.05, 0.1) is 0 Å². The molecule has 0 rings (SSSR count). The van der Waals surface area contributed by atoms with Crippen LogP contribution in [0.5, 0.6) is 0 Å². The number of carboxylic acid groups (broad SMARTS) is 1. The molecular formula is C17H28O3. The summed E-state index contributed by atoms with van der Waals surface area (Å²) < 4.78 is 4.96. The third kappa shape index (κ3) is 16.6. The maximum absolute atomic E-state index is 10.2. The van der Waals surface area contributed by atoms with E-state index in [9.17, 15) is 4.79 Å². The van der Waals surface area contributed by atoms with E-state index in [0.717, 1.165) is 44.9 Å². The monoisotopic (exact) mass is 280 g/mol. The van der Waals surface area contributed by atoms with Crippen LogP contribution < -0.4 is 0 Å². The van der Waals surface area contributed by atoms with Crippen molar-refractivity contribution in [2.45, 2.75) is 51.9 Å². The maximum atomic E-state index is 10.2. The lowest BCUT2D eigenvalue weighted by atomic mass is 10.2. The molecule has 0 saturated heterocycles. The van der Waals surface area contributed by atoms with E-state index in [-0.39, 0.29) is 6.61 Å². The van der Waals surface area contributed by atoms with Gasteiger partial charge in [-0.3, -0.25) is 0 Å². The van der Waals surface area contributed by atoms with Crippen LogP contribution in [-0.2, 0) is 9.53 Å². The summed E-state index contributed by atoms with van der Waals surface area (Å²) in [6.45, 7) is 2.50. The number of hydrogen-bond donors (Lipinski definition) is 1. The molecule has 0 aliphatic carbocycles. The summed E-state index contributed by atoms with van der Waals surface area (Å²) in [7, 11) is 0. The Bertz CT molecular complexity index is 303. The maximum Gasteiger partial charge on any atom is 0.329 e. The van der Waals surface area contributed by atoms with Crippen LogP contribution in [0.1, 0.15) is 51.9 Å². The van der Waals surface area contributed by atoms with Gasteiger partial charge in [-0.25, -0.2) is 4.79 Å². The highest BCUT2D eigenvalue weighted by Crippen LogP contribution is 2.02. The molecule has 0 spiro atoms. The summed E-state index contributed by atoms with van der Waals surface area (Å²) in [6, 6.07) is 0. The van der Waals surface area contributed by atoms with Gasteiger partial charge in [-0.15, -0.1) is 0 Å². The molecule has 0 heterocycles. The smallest absolute Gasteiger partial charge is 0.329 e. The number of rotatable bonds is 13. The van der Waals surface area contributed by atoms with Gasteiger partial charge in [-0.2, -0.15) is 0 Å². The first-order valence-corrected chi connectivity index (χ1v) is 7.52. The molecule has 0 saturated carbocycles. The zero-order valence-corrected chi connectivity index (χ0v) is 12.6. The Balaban J connectivity index is 3.23. The first-order valence-electron chi connectivity index (χ1n) is 7.52. The number of allylic oxidation sites excluding steroid dienone is 6. The van der Waals surface area contributed by atoms with Crippen LogP contribution in [0.25, 0.3) is 0 Å². The van der Waals surface area contributed by atoms with Crippen LogP contribution >= 0.6 is 0 Å². The number of hydrogen-bond acceptors (Lipinski definition) is 2. The van der Waals surface area contributed by atoms with Crippen LogP contribution in [0.4, 0.5) is 0 Å². The van der Waals surface area contributed by atoms with Crippen molar-refractivity contribution in [1.29, 1.82) is 0 Å². The Labute approximate surface area is 123 Å². The summed E-state index contributed by atoms with van der Waals surface area (Å²) in [4.78, 5) is 10.2. The molecule has 3 nitrogen and oxygen atoms in total. The van der Waals surface area contributed by atoms with E-state index in [1.165, 1.54) is 0 Å². The van der Waals surface area contributed by atoms with Gasteiger partial charge in [0.25, 0.3) is 0 Å². The largest absolute Gasteiger partial charge is 0.480 e. The van der Waals surface area contributed by atoms with Crippen molar-refractivity contribution in [1.82, 2.24) is 0 Å². The molecule has 3 heteroatoms. The summed E-state index contributed by atoms with van der Waals surface area (Å²) in [5.41, 5.74) is 0. The van der Waals surface area contributed by atoms with E-state index < -0.39 is 5.97 Å². The van der Waals surface area contributed by atoms with Gasteiger partial charge in [-0.1, -0.05) is 49.8 Å². The average molecular weight is 280 g/mol. The quantitative estimate of drug-likeness (QED) is 0.399. The van der Waals surface area contributed by atoms with Gasteiger partial charge in [0.15, 0.2) is 0 Å². The van der Waals surface area contributed by atoms with Gasteiger partial charge < -0.3 is 9.84 Å². The van der Waals surface area contributed by atoms with Crippen LogP contribution in [0.15, 0.2) is 36.5 Å². The summed E-state index contributed by atoms with van der Waals surface area (Å²) in [5, 5.41) is 8.37. The first kappa shape index (κ1) is 18.7. The van der Waals surface area contributed by atoms with Crippen LogP contribution in [0, 0.1) is 0 Å². The topological polar surface area (TPSA) is 46.5 Å². The Morgan fingerprint density at radius 3 is 2.25 bits per heavy atom. The Kier molecular flexibility index (Phi) is 14.6. The molecular weight excluding hydrogens is 252 g/mol. The number of carbonyl (C=O) groups is 1. The second kappa shape index (κ2) is 15.7. The van der Waals surface area contributed by atoms with Crippen LogP contribution in [0.2, 0.25) is 0 Å². The highest BCUT2D eigenvalue weighted by molar-refractivity contribution is 5.67. The molecule has 0 radical (unpaired) electrons. The number of unbranched alkanes of at least 4 members (excludes halogenated alkanes) is 3. The Morgan fingerprint density at radius 2 is 1.60 bits per heavy atom. The third-order valence-electron chi connectivity index (χ3n) is 2.67. The third-order valence-corrected chi connectivity index (χ3v) is 2.67. The van der Waals surface area contributed by atoms with Gasteiger partial charge >= 0.3 is 5.97 Å². The highest BCUT2D eigenvalue weighted by Gasteiger charge is 1.95. The lowest BCUT2D eigenvalue weighted by Gasteiger charge is -1.99. The molecule has 20 heavy (non-hydrogen) atoms. The molecule has 0 aromatic rings. The van der Waals surface area contributed by atoms with Gasteiger partial charge in [0.2, 0.25) is 0 Å². The Hall–Kier alpha value is -1.35. The van der Waals surface area contributed by atoms with Crippen molar-refractivity contribution in [3.05, 3.63) is 36.5 Å². The number of aliphatic carboxylic acids is 1. The summed E-state index contributed by atoms with van der Waals surface area (Å²) >= 11 is 0. The molecule has 0 fully saturated rings. The SMILES string of the molecule is CCC=CCC=CCC=CCCCCCOCC(=O)O. The zero-order chi connectivity index (χ0) is 14.9. The van der Waals surface area contributed by atoms with E-state index in [4.69, 9.17) is 9.84 Å². The lowest BCUT2D eigenvalue weighted by molar-refractivity contribution is -0.142. The minimum atomic E-state index is -0.897. The normalized spacial score (nSPS) is 12.1. The fraction of sp³-hybridized carbons (Fsp3) is 0.588. The van der Waals surface area contributed by atoms with Crippen molar-refractivity contribution in [3.8, 4) is 0 Å². The average Bonchev–Trinajstić information content (AvgIpc) is 2.43. The van der Waals surface area contributed by atoms with Gasteiger partial charge in [0, 0.05) is 6.61 Å². The fourth-order valence-electron chi connectivity index (χ4n) is 1.63. The van der Waals surface area contributed by atoms with E-state index in [2.05, 4.69) is 43.4 Å². The van der Waals surface area contributed by atoms with Crippen molar-refractivity contribution >= 4 is 5.97 Å². The minimum Gasteiger partial charge on any atom is -0.480 e. The first-order chi connectivity index (χ1) is 9.77. The summed E-state index contributed by atoms with van der Waals surface area (Å²) in [5.74, 6) is -0.897. The molecule has 0 aliphatic heterocycles. The molecule has 0 amide bonds. The van der Waals surface area contributed by atoms with Crippen molar-refractivity contribution in [2.75, 3.05) is 13.2 Å². The van der Waals surface area contributed by atoms with Crippen molar-refractivity contribution in [3.63, 3.8) is 0 Å². The zero-order valence-electron chi connectivity index (χ0n) is 12.6. The van der Waals surface area contributed by atoms with Crippen molar-refractivity contribution in [2.24, 2.45) is 0 Å². The molecule has 0 unspecified atom stereocenters. The van der Waals surface area contributed by atoms with Gasteiger partial charge in [0.1, 0.15) is 6.61 Å². The second-order valence-corrected chi connectivity index (χ2v) is 4.59. The predicted octanol–water partition coefficient (Wildman–Crippen LogP) is 4.51. The van der Waals surface area contributed by atoms with Gasteiger partial charge in [-0.05, 0) is 38.5 Å². The second-order valence-electron chi connectivity index (χ2n) is 4.59. The molecule has 0 aromatic carbocycles. The van der Waals surface area contributed by atoms with Crippen molar-refractivity contribution < 1.29 is 14.6 Å². The molecule has 0 aromatic heterocycles. The van der Waals surface area contributed by atoms with Crippen LogP contribution in [0.3, 0.4) is 0 Å². The highest BCUT2D eigenvalue weighted by atomic mass is 16.5. The fourth-order valence-corrected chi connectivity index (χ4v) is 1.63.